The molecule has 10 rings (SSSR count). The Bertz CT molecular complexity index is 3160. The maximum Gasteiger partial charge on any atom is 0.161 e. The van der Waals surface area contributed by atoms with Crippen LogP contribution in [0.1, 0.15) is 16.7 Å². The van der Waals surface area contributed by atoms with Crippen LogP contribution >= 0.6 is 0 Å². The third-order valence-electron chi connectivity index (χ3n) is 10.6. The Hall–Kier alpha value is -7.63. The maximum atomic E-state index is 6.69. The van der Waals surface area contributed by atoms with E-state index in [-0.39, 0.29) is 0 Å². The van der Waals surface area contributed by atoms with Crippen molar-refractivity contribution < 1.29 is 4.42 Å². The molecule has 0 amide bonds. The second-order valence-electron chi connectivity index (χ2n) is 14.1. The second-order valence-corrected chi connectivity index (χ2v) is 14.1. The van der Waals surface area contributed by atoms with E-state index in [2.05, 4.69) is 150 Å². The Labute approximate surface area is 330 Å². The molecule has 57 heavy (non-hydrogen) atoms. The summed E-state index contributed by atoms with van der Waals surface area (Å²) in [5, 5.41) is 4.47. The normalized spacial score (nSPS) is 12.2. The Balaban J connectivity index is 1.12. The molecule has 0 N–H and O–H groups in total. The van der Waals surface area contributed by atoms with Gasteiger partial charge in [-0.3, -0.25) is 4.99 Å². The molecule has 5 nitrogen and oxygen atoms in total. The van der Waals surface area contributed by atoms with Crippen molar-refractivity contribution in [3.63, 3.8) is 0 Å². The van der Waals surface area contributed by atoms with E-state index in [9.17, 15) is 0 Å². The monoisotopic (exact) mass is 732 g/mol. The van der Waals surface area contributed by atoms with Crippen molar-refractivity contribution in [2.75, 3.05) is 0 Å². The second kappa shape index (κ2) is 14.5. The number of furan rings is 1. The van der Waals surface area contributed by atoms with Crippen LogP contribution < -0.4 is 0 Å². The van der Waals surface area contributed by atoms with Gasteiger partial charge in [0.25, 0.3) is 0 Å². The van der Waals surface area contributed by atoms with E-state index in [1.165, 1.54) is 21.9 Å². The van der Waals surface area contributed by atoms with Gasteiger partial charge in [0.1, 0.15) is 11.2 Å². The highest BCUT2D eigenvalue weighted by Crippen LogP contribution is 2.40. The first kappa shape index (κ1) is 33.9. The molecule has 270 valence electrons. The first-order valence-electron chi connectivity index (χ1n) is 19.1. The van der Waals surface area contributed by atoms with Crippen molar-refractivity contribution in [2.45, 2.75) is 6.54 Å². The summed E-state index contributed by atoms with van der Waals surface area (Å²) in [6.07, 6.45) is 0. The summed E-state index contributed by atoms with van der Waals surface area (Å²) in [7, 11) is 0. The SMILES string of the molecule is C=NC(=NC(=NCc1ccccc1)c1ccc2c(c1)oc1cccc(-n3c4ccccc4c4ccc(-c5ccccc5)cc43)c12)c1cccc(-c2ccccc2)c1. The lowest BCUT2D eigenvalue weighted by Crippen LogP contribution is -2.06. The molecule has 0 aliphatic rings. The molecule has 0 fully saturated rings. The largest absolute Gasteiger partial charge is 0.456 e. The van der Waals surface area contributed by atoms with Crippen LogP contribution in [0.4, 0.5) is 0 Å². The molecule has 8 aromatic carbocycles. The van der Waals surface area contributed by atoms with Crippen molar-refractivity contribution in [3.8, 4) is 27.9 Å². The minimum Gasteiger partial charge on any atom is -0.456 e. The van der Waals surface area contributed by atoms with E-state index in [1.807, 2.05) is 60.7 Å². The quantitative estimate of drug-likeness (QED) is 0.119. The number of aliphatic imine (C=N–C) groups is 3. The van der Waals surface area contributed by atoms with Gasteiger partial charge in [0.15, 0.2) is 11.7 Å². The summed E-state index contributed by atoms with van der Waals surface area (Å²) in [4.78, 5) is 14.6. The topological polar surface area (TPSA) is 55.1 Å². The van der Waals surface area contributed by atoms with E-state index < -0.39 is 0 Å². The van der Waals surface area contributed by atoms with Crippen LogP contribution in [0, 0.1) is 0 Å². The number of fused-ring (bicyclic) bond motifs is 6. The molecule has 0 aliphatic carbocycles. The molecule has 0 saturated carbocycles. The molecule has 2 aromatic heterocycles. The van der Waals surface area contributed by atoms with E-state index in [1.54, 1.807) is 0 Å². The van der Waals surface area contributed by atoms with Gasteiger partial charge in [-0.15, -0.1) is 0 Å². The number of hydrogen-bond acceptors (Lipinski definition) is 2. The fourth-order valence-electron chi connectivity index (χ4n) is 7.87. The first-order chi connectivity index (χ1) is 28.2. The minimum absolute atomic E-state index is 0.454. The van der Waals surface area contributed by atoms with Crippen LogP contribution in [0.15, 0.2) is 214 Å². The zero-order chi connectivity index (χ0) is 38.1. The van der Waals surface area contributed by atoms with Gasteiger partial charge in [-0.2, -0.15) is 0 Å². The van der Waals surface area contributed by atoms with Gasteiger partial charge in [-0.1, -0.05) is 152 Å². The van der Waals surface area contributed by atoms with Gasteiger partial charge < -0.3 is 8.98 Å². The third kappa shape index (κ3) is 6.31. The highest BCUT2D eigenvalue weighted by molar-refractivity contribution is 6.17. The van der Waals surface area contributed by atoms with Crippen LogP contribution in [-0.4, -0.2) is 23.0 Å². The fourth-order valence-corrected chi connectivity index (χ4v) is 7.87. The Kier molecular flexibility index (Phi) is 8.65. The standard InChI is InChI=1S/C52H36N4O/c1-53-51(40-22-13-21-38(31-40)36-17-7-3-8-18-36)55-52(54-34-35-15-5-2-6-16-35)41-28-30-44-49(33-41)57-48-26-14-25-46(50(44)48)56-45-24-12-11-23-42(45)43-29-27-39(32-47(43)56)37-19-9-4-10-20-37/h2-33H,1,34H2. The number of benzene rings is 8. The average molecular weight is 733 g/mol. The summed E-state index contributed by atoms with van der Waals surface area (Å²) in [5.74, 6) is 1.04. The van der Waals surface area contributed by atoms with Gasteiger partial charge in [-0.25, -0.2) is 9.98 Å². The smallest absolute Gasteiger partial charge is 0.161 e. The maximum absolute atomic E-state index is 6.69. The number of nitrogens with zero attached hydrogens (tertiary/aromatic N) is 4. The lowest BCUT2D eigenvalue weighted by molar-refractivity contribution is 0.668. The zero-order valence-electron chi connectivity index (χ0n) is 31.1. The molecule has 0 bridgehead atoms. The van der Waals surface area contributed by atoms with E-state index >= 15 is 0 Å². The van der Waals surface area contributed by atoms with Crippen molar-refractivity contribution in [1.29, 1.82) is 0 Å². The van der Waals surface area contributed by atoms with Crippen LogP contribution in [0.25, 0.3) is 71.7 Å². The number of aromatic nitrogens is 1. The highest BCUT2D eigenvalue weighted by atomic mass is 16.3. The van der Waals surface area contributed by atoms with Crippen molar-refractivity contribution in [2.24, 2.45) is 15.0 Å². The highest BCUT2D eigenvalue weighted by Gasteiger charge is 2.19. The summed E-state index contributed by atoms with van der Waals surface area (Å²) in [5.41, 5.74) is 12.2. The molecule has 0 unspecified atom stereocenters. The van der Waals surface area contributed by atoms with Crippen molar-refractivity contribution in [1.82, 2.24) is 4.57 Å². The number of hydrogen-bond donors (Lipinski definition) is 0. The fraction of sp³-hybridized carbons (Fsp3) is 0.0192. The average Bonchev–Trinajstić information content (AvgIpc) is 3.82. The predicted octanol–water partition coefficient (Wildman–Crippen LogP) is 13.1. The lowest BCUT2D eigenvalue weighted by Gasteiger charge is -2.11. The lowest BCUT2D eigenvalue weighted by atomic mass is 10.0. The number of rotatable bonds is 7. The Morgan fingerprint density at radius 3 is 1.88 bits per heavy atom. The summed E-state index contributed by atoms with van der Waals surface area (Å²) < 4.78 is 9.07. The van der Waals surface area contributed by atoms with Gasteiger partial charge in [0.2, 0.25) is 0 Å². The third-order valence-corrected chi connectivity index (χ3v) is 10.6. The summed E-state index contributed by atoms with van der Waals surface area (Å²) in [6, 6.07) is 67.2. The molecular weight excluding hydrogens is 697 g/mol. The zero-order valence-corrected chi connectivity index (χ0v) is 31.1. The molecule has 0 radical (unpaired) electrons. The van der Waals surface area contributed by atoms with Crippen LogP contribution in [0.5, 0.6) is 0 Å². The van der Waals surface area contributed by atoms with Crippen LogP contribution in [0.2, 0.25) is 0 Å². The Morgan fingerprint density at radius 1 is 0.474 bits per heavy atom. The molecule has 0 saturated heterocycles. The van der Waals surface area contributed by atoms with Gasteiger partial charge >= 0.3 is 0 Å². The summed E-state index contributed by atoms with van der Waals surface area (Å²) >= 11 is 0. The van der Waals surface area contributed by atoms with Crippen LogP contribution in [-0.2, 0) is 6.54 Å². The molecule has 0 aliphatic heterocycles. The molecular formula is C52H36N4O. The van der Waals surface area contributed by atoms with Gasteiger partial charge in [0.05, 0.1) is 28.7 Å². The van der Waals surface area contributed by atoms with Crippen molar-refractivity contribution in [3.05, 3.63) is 211 Å². The predicted molar refractivity (Wildman–Crippen MR) is 238 cm³/mol. The van der Waals surface area contributed by atoms with Gasteiger partial charge in [0, 0.05) is 27.3 Å². The van der Waals surface area contributed by atoms with E-state index in [4.69, 9.17) is 14.4 Å². The first-order valence-corrected chi connectivity index (χ1v) is 19.1. The van der Waals surface area contributed by atoms with Gasteiger partial charge in [-0.05, 0) is 77.0 Å². The van der Waals surface area contributed by atoms with E-state index in [0.717, 1.165) is 66.5 Å². The Morgan fingerprint density at radius 2 is 1.11 bits per heavy atom. The summed E-state index contributed by atoms with van der Waals surface area (Å²) in [6.45, 7) is 4.38. The molecule has 10 aromatic rings. The molecule has 0 spiro atoms. The van der Waals surface area contributed by atoms with E-state index in [0.29, 0.717) is 18.2 Å². The minimum atomic E-state index is 0.454. The molecule has 5 heteroatoms. The number of para-hydroxylation sites is 1. The van der Waals surface area contributed by atoms with Crippen LogP contribution in [0.3, 0.4) is 0 Å². The molecule has 2 heterocycles. The number of amidine groups is 2. The molecule has 0 atom stereocenters. The van der Waals surface area contributed by atoms with Crippen molar-refractivity contribution >= 4 is 62.1 Å².